The van der Waals surface area contributed by atoms with Gasteiger partial charge in [-0.3, -0.25) is 15.1 Å². The summed E-state index contributed by atoms with van der Waals surface area (Å²) < 4.78 is 5.42. The maximum Gasteiger partial charge on any atom is 0.288 e. The molecule has 7 nitrogen and oxygen atoms in total. The van der Waals surface area contributed by atoms with Crippen LogP contribution < -0.4 is 9.64 Å². The summed E-state index contributed by atoms with van der Waals surface area (Å²) in [6.07, 6.45) is 1.63. The molecule has 0 amide bonds. The Morgan fingerprint density at radius 2 is 1.92 bits per heavy atom. The van der Waals surface area contributed by atoms with Crippen molar-refractivity contribution in [2.75, 3.05) is 38.2 Å². The van der Waals surface area contributed by atoms with Gasteiger partial charge < -0.3 is 9.64 Å². The predicted octanol–water partition coefficient (Wildman–Crippen LogP) is 3.41. The number of hydrazone groups is 1. The molecule has 0 spiro atoms. The first-order valence-corrected chi connectivity index (χ1v) is 8.57. The van der Waals surface area contributed by atoms with Gasteiger partial charge in [0, 0.05) is 24.7 Å². The SMILES string of the molecule is COc1ccccc1N1CCN(/N=C/c2ccc(Cl)c([N+](=O)[O-])c2)CC1. The Labute approximate surface area is 156 Å². The number of anilines is 1. The predicted molar refractivity (Wildman–Crippen MR) is 102 cm³/mol. The molecular weight excluding hydrogens is 356 g/mol. The average Bonchev–Trinajstić information content (AvgIpc) is 2.67. The van der Waals surface area contributed by atoms with E-state index >= 15 is 0 Å². The molecule has 1 heterocycles. The van der Waals surface area contributed by atoms with Crippen LogP contribution in [0.1, 0.15) is 5.56 Å². The number of hydrogen-bond acceptors (Lipinski definition) is 6. The molecule has 1 saturated heterocycles. The minimum atomic E-state index is -0.494. The van der Waals surface area contributed by atoms with E-state index in [1.165, 1.54) is 12.1 Å². The second-order valence-corrected chi connectivity index (χ2v) is 6.23. The molecule has 0 radical (unpaired) electrons. The molecule has 0 aliphatic carbocycles. The van der Waals surface area contributed by atoms with E-state index in [2.05, 4.69) is 10.0 Å². The smallest absolute Gasteiger partial charge is 0.288 e. The number of rotatable bonds is 5. The van der Waals surface area contributed by atoms with Crippen molar-refractivity contribution < 1.29 is 9.66 Å². The number of para-hydroxylation sites is 2. The Balaban J connectivity index is 1.63. The Morgan fingerprint density at radius 3 is 2.62 bits per heavy atom. The van der Waals surface area contributed by atoms with E-state index in [1.807, 2.05) is 29.3 Å². The Bertz CT molecular complexity index is 820. The van der Waals surface area contributed by atoms with E-state index in [4.69, 9.17) is 16.3 Å². The number of nitro benzene ring substituents is 1. The molecule has 8 heteroatoms. The highest BCUT2D eigenvalue weighted by atomic mass is 35.5. The number of piperazine rings is 1. The van der Waals surface area contributed by atoms with Crippen LogP contribution >= 0.6 is 11.6 Å². The van der Waals surface area contributed by atoms with Crippen LogP contribution in [-0.2, 0) is 0 Å². The molecule has 0 N–H and O–H groups in total. The highest BCUT2D eigenvalue weighted by Gasteiger charge is 2.18. The maximum atomic E-state index is 11.0. The summed E-state index contributed by atoms with van der Waals surface area (Å²) in [6, 6.07) is 12.6. The maximum absolute atomic E-state index is 11.0. The van der Waals surface area contributed by atoms with Crippen molar-refractivity contribution in [1.29, 1.82) is 0 Å². The van der Waals surface area contributed by atoms with Gasteiger partial charge in [-0.15, -0.1) is 0 Å². The lowest BCUT2D eigenvalue weighted by Crippen LogP contribution is -2.44. The number of benzene rings is 2. The van der Waals surface area contributed by atoms with Crippen molar-refractivity contribution in [3.8, 4) is 5.75 Å². The number of halogens is 1. The molecule has 0 atom stereocenters. The minimum absolute atomic E-state index is 0.114. The average molecular weight is 375 g/mol. The monoisotopic (exact) mass is 374 g/mol. The van der Waals surface area contributed by atoms with Crippen molar-refractivity contribution in [2.45, 2.75) is 0 Å². The zero-order chi connectivity index (χ0) is 18.5. The summed E-state index contributed by atoms with van der Waals surface area (Å²) in [7, 11) is 1.67. The fourth-order valence-electron chi connectivity index (χ4n) is 2.84. The fourth-order valence-corrected chi connectivity index (χ4v) is 3.03. The first-order valence-electron chi connectivity index (χ1n) is 8.19. The second-order valence-electron chi connectivity index (χ2n) is 5.83. The van der Waals surface area contributed by atoms with Crippen LogP contribution in [0, 0.1) is 10.1 Å². The van der Waals surface area contributed by atoms with Gasteiger partial charge >= 0.3 is 0 Å². The molecule has 1 aliphatic heterocycles. The summed E-state index contributed by atoms with van der Waals surface area (Å²) >= 11 is 5.83. The topological polar surface area (TPSA) is 71.2 Å². The molecule has 1 aliphatic rings. The molecule has 0 unspecified atom stereocenters. The Kier molecular flexibility index (Phi) is 5.58. The Hall–Kier alpha value is -2.80. The van der Waals surface area contributed by atoms with E-state index in [0.29, 0.717) is 5.56 Å². The number of nitrogens with zero attached hydrogens (tertiary/aromatic N) is 4. The number of hydrogen-bond donors (Lipinski definition) is 0. The summed E-state index contributed by atoms with van der Waals surface area (Å²) in [6.45, 7) is 3.14. The van der Waals surface area contributed by atoms with Gasteiger partial charge in [-0.25, -0.2) is 0 Å². The molecular formula is C18H19ClN4O3. The third kappa shape index (κ3) is 4.05. The van der Waals surface area contributed by atoms with Gasteiger partial charge in [-0.2, -0.15) is 5.10 Å². The number of methoxy groups -OCH3 is 1. The van der Waals surface area contributed by atoms with E-state index in [-0.39, 0.29) is 10.7 Å². The highest BCUT2D eigenvalue weighted by molar-refractivity contribution is 6.32. The number of ether oxygens (including phenoxy) is 1. The third-order valence-electron chi connectivity index (χ3n) is 4.22. The van der Waals surface area contributed by atoms with Gasteiger partial charge in [0.15, 0.2) is 0 Å². The summed E-state index contributed by atoms with van der Waals surface area (Å²) in [5, 5.41) is 17.5. The minimum Gasteiger partial charge on any atom is -0.495 e. The van der Waals surface area contributed by atoms with E-state index < -0.39 is 4.92 Å². The summed E-state index contributed by atoms with van der Waals surface area (Å²) in [5.74, 6) is 0.859. The van der Waals surface area contributed by atoms with Crippen LogP contribution in [0.4, 0.5) is 11.4 Å². The van der Waals surface area contributed by atoms with Gasteiger partial charge in [0.05, 0.1) is 37.0 Å². The lowest BCUT2D eigenvalue weighted by molar-refractivity contribution is -0.384. The quantitative estimate of drug-likeness (QED) is 0.455. The molecule has 3 rings (SSSR count). The number of nitro groups is 1. The molecule has 0 saturated carbocycles. The molecule has 1 fully saturated rings. The van der Waals surface area contributed by atoms with Gasteiger partial charge in [0.25, 0.3) is 5.69 Å². The molecule has 0 bridgehead atoms. The zero-order valence-electron chi connectivity index (χ0n) is 14.3. The van der Waals surface area contributed by atoms with Crippen molar-refractivity contribution in [2.24, 2.45) is 5.10 Å². The van der Waals surface area contributed by atoms with Gasteiger partial charge in [0.2, 0.25) is 0 Å². The molecule has 2 aromatic rings. The third-order valence-corrected chi connectivity index (χ3v) is 4.54. The molecule has 26 heavy (non-hydrogen) atoms. The first kappa shape index (κ1) is 18.0. The van der Waals surface area contributed by atoms with Gasteiger partial charge in [0.1, 0.15) is 10.8 Å². The summed E-state index contributed by atoms with van der Waals surface area (Å²) in [5.41, 5.74) is 1.61. The standard InChI is InChI=1S/C18H19ClN4O3/c1-26-18-5-3-2-4-16(18)21-8-10-22(11-9-21)20-13-14-6-7-15(19)17(12-14)23(24)25/h2-7,12-13H,8-11H2,1H3/b20-13+. The largest absolute Gasteiger partial charge is 0.495 e. The van der Waals surface area contributed by atoms with Crippen LogP contribution in [0.2, 0.25) is 5.02 Å². The van der Waals surface area contributed by atoms with Gasteiger partial charge in [-0.05, 0) is 18.2 Å². The summed E-state index contributed by atoms with van der Waals surface area (Å²) in [4.78, 5) is 12.7. The molecule has 2 aromatic carbocycles. The van der Waals surface area contributed by atoms with Crippen LogP contribution in [-0.4, -0.2) is 49.4 Å². The fraction of sp³-hybridized carbons (Fsp3) is 0.278. The van der Waals surface area contributed by atoms with Gasteiger partial charge in [-0.1, -0.05) is 29.8 Å². The normalized spacial score (nSPS) is 14.7. The van der Waals surface area contributed by atoms with E-state index in [1.54, 1.807) is 19.4 Å². The Morgan fingerprint density at radius 1 is 1.19 bits per heavy atom. The molecule has 136 valence electrons. The van der Waals surface area contributed by atoms with Crippen LogP contribution in [0.5, 0.6) is 5.75 Å². The van der Waals surface area contributed by atoms with Crippen LogP contribution in [0.25, 0.3) is 0 Å². The van der Waals surface area contributed by atoms with E-state index in [9.17, 15) is 10.1 Å². The van der Waals surface area contributed by atoms with E-state index in [0.717, 1.165) is 37.6 Å². The lowest BCUT2D eigenvalue weighted by atomic mass is 10.2. The van der Waals surface area contributed by atoms with Crippen molar-refractivity contribution in [3.63, 3.8) is 0 Å². The highest BCUT2D eigenvalue weighted by Crippen LogP contribution is 2.28. The van der Waals surface area contributed by atoms with Crippen LogP contribution in [0.3, 0.4) is 0 Å². The van der Waals surface area contributed by atoms with Crippen molar-refractivity contribution in [3.05, 3.63) is 63.2 Å². The first-order chi connectivity index (χ1) is 12.6. The van der Waals surface area contributed by atoms with Crippen LogP contribution in [0.15, 0.2) is 47.6 Å². The molecule has 0 aromatic heterocycles. The van der Waals surface area contributed by atoms with Crippen molar-refractivity contribution in [1.82, 2.24) is 5.01 Å². The van der Waals surface area contributed by atoms with Crippen molar-refractivity contribution >= 4 is 29.2 Å². The lowest BCUT2D eigenvalue weighted by Gasteiger charge is -2.35. The zero-order valence-corrected chi connectivity index (χ0v) is 15.1. The second kappa shape index (κ2) is 8.05.